The van der Waals surface area contributed by atoms with Crippen LogP contribution in [0, 0.1) is 5.41 Å². The zero-order valence-corrected chi connectivity index (χ0v) is 11.7. The van der Waals surface area contributed by atoms with Crippen LogP contribution in [0.3, 0.4) is 0 Å². The lowest BCUT2D eigenvalue weighted by Crippen LogP contribution is -2.37. The van der Waals surface area contributed by atoms with Gasteiger partial charge in [0.1, 0.15) is 0 Å². The average molecular weight is 262 g/mol. The first-order valence-corrected chi connectivity index (χ1v) is 6.95. The van der Waals surface area contributed by atoms with Crippen LogP contribution >= 0.6 is 0 Å². The monoisotopic (exact) mass is 262 g/mol. The maximum Gasteiger partial charge on any atom is 0.251 e. The fourth-order valence-corrected chi connectivity index (χ4v) is 2.67. The molecule has 1 heterocycles. The second kappa shape index (κ2) is 5.59. The van der Waals surface area contributed by atoms with Gasteiger partial charge in [0.25, 0.3) is 11.5 Å². The molecule has 2 rings (SSSR count). The van der Waals surface area contributed by atoms with Gasteiger partial charge in [-0.1, -0.05) is 26.2 Å². The van der Waals surface area contributed by atoms with Crippen LogP contribution in [-0.4, -0.2) is 17.0 Å². The van der Waals surface area contributed by atoms with E-state index in [-0.39, 0.29) is 16.9 Å². The summed E-state index contributed by atoms with van der Waals surface area (Å²) < 4.78 is 1.46. The van der Waals surface area contributed by atoms with E-state index in [0.29, 0.717) is 12.1 Å². The van der Waals surface area contributed by atoms with Crippen molar-refractivity contribution in [2.24, 2.45) is 12.5 Å². The zero-order chi connectivity index (χ0) is 13.9. The summed E-state index contributed by atoms with van der Waals surface area (Å²) in [6, 6.07) is 3.07. The second-order valence-electron chi connectivity index (χ2n) is 5.92. The van der Waals surface area contributed by atoms with E-state index in [4.69, 9.17) is 0 Å². The quantitative estimate of drug-likeness (QED) is 0.906. The van der Waals surface area contributed by atoms with Gasteiger partial charge in [0.15, 0.2) is 0 Å². The maximum absolute atomic E-state index is 12.0. The van der Waals surface area contributed by atoms with E-state index in [2.05, 4.69) is 12.2 Å². The van der Waals surface area contributed by atoms with Gasteiger partial charge in [-0.3, -0.25) is 9.59 Å². The molecule has 1 aliphatic rings. The van der Waals surface area contributed by atoms with Crippen molar-refractivity contribution in [1.82, 2.24) is 9.88 Å². The molecule has 1 aliphatic carbocycles. The molecule has 0 unspecified atom stereocenters. The molecule has 1 fully saturated rings. The van der Waals surface area contributed by atoms with Gasteiger partial charge in [-0.05, 0) is 24.3 Å². The first kappa shape index (κ1) is 13.8. The van der Waals surface area contributed by atoms with E-state index < -0.39 is 0 Å². The first-order chi connectivity index (χ1) is 9.00. The number of aryl methyl sites for hydroxylation is 1. The Kier molecular flexibility index (Phi) is 4.08. The molecular formula is C15H22N2O2. The normalized spacial score (nSPS) is 18.0. The fourth-order valence-electron chi connectivity index (χ4n) is 2.67. The van der Waals surface area contributed by atoms with Crippen molar-refractivity contribution in [2.45, 2.75) is 39.0 Å². The highest BCUT2D eigenvalue weighted by Crippen LogP contribution is 2.34. The lowest BCUT2D eigenvalue weighted by molar-refractivity contribution is 0.0919. The molecule has 0 spiro atoms. The number of rotatable bonds is 3. The number of pyridine rings is 1. The average Bonchev–Trinajstić information content (AvgIpc) is 2.40. The summed E-state index contributed by atoms with van der Waals surface area (Å²) in [5.74, 6) is -0.149. The molecule has 19 heavy (non-hydrogen) atoms. The largest absolute Gasteiger partial charge is 0.351 e. The summed E-state index contributed by atoms with van der Waals surface area (Å²) in [4.78, 5) is 23.5. The van der Waals surface area contributed by atoms with Crippen molar-refractivity contribution >= 4 is 5.91 Å². The van der Waals surface area contributed by atoms with Gasteiger partial charge in [-0.15, -0.1) is 0 Å². The van der Waals surface area contributed by atoms with E-state index in [9.17, 15) is 9.59 Å². The first-order valence-electron chi connectivity index (χ1n) is 6.95. The van der Waals surface area contributed by atoms with Crippen LogP contribution in [0.25, 0.3) is 0 Å². The highest BCUT2D eigenvalue weighted by atomic mass is 16.2. The smallest absolute Gasteiger partial charge is 0.251 e. The molecule has 0 radical (unpaired) electrons. The lowest BCUT2D eigenvalue weighted by Gasteiger charge is -2.33. The summed E-state index contributed by atoms with van der Waals surface area (Å²) in [6.45, 7) is 2.93. The van der Waals surface area contributed by atoms with E-state index in [1.54, 1.807) is 19.3 Å². The van der Waals surface area contributed by atoms with Crippen molar-refractivity contribution in [2.75, 3.05) is 6.54 Å². The summed E-state index contributed by atoms with van der Waals surface area (Å²) in [6.07, 6.45) is 7.77. The third-order valence-corrected chi connectivity index (χ3v) is 4.10. The van der Waals surface area contributed by atoms with Gasteiger partial charge in [0.2, 0.25) is 0 Å². The number of aromatic nitrogens is 1. The number of nitrogens with one attached hydrogen (secondary N) is 1. The van der Waals surface area contributed by atoms with Crippen molar-refractivity contribution in [1.29, 1.82) is 0 Å². The SMILES string of the molecule is Cn1ccc(C(=O)NCC2(C)CCCCC2)cc1=O. The van der Waals surface area contributed by atoms with Crippen molar-refractivity contribution in [3.63, 3.8) is 0 Å². The maximum atomic E-state index is 12.0. The number of carbonyl (C=O) groups excluding carboxylic acids is 1. The Bertz CT molecular complexity index is 513. The van der Waals surface area contributed by atoms with Crippen molar-refractivity contribution < 1.29 is 4.79 Å². The summed E-state index contributed by atoms with van der Waals surface area (Å²) in [5, 5.41) is 2.97. The van der Waals surface area contributed by atoms with E-state index >= 15 is 0 Å². The van der Waals surface area contributed by atoms with Crippen molar-refractivity contribution in [3.8, 4) is 0 Å². The highest BCUT2D eigenvalue weighted by Gasteiger charge is 2.27. The predicted molar refractivity (Wildman–Crippen MR) is 75.2 cm³/mol. The topological polar surface area (TPSA) is 51.1 Å². The Morgan fingerprint density at radius 2 is 2.05 bits per heavy atom. The van der Waals surface area contributed by atoms with Crippen LogP contribution in [0.5, 0.6) is 0 Å². The van der Waals surface area contributed by atoms with E-state index in [1.165, 1.54) is 42.7 Å². The minimum atomic E-state index is -0.156. The number of hydrogen-bond donors (Lipinski definition) is 1. The molecule has 1 saturated carbocycles. The van der Waals surface area contributed by atoms with Crippen LogP contribution in [0.2, 0.25) is 0 Å². The van der Waals surface area contributed by atoms with E-state index in [0.717, 1.165) is 0 Å². The lowest BCUT2D eigenvalue weighted by atomic mass is 9.76. The van der Waals surface area contributed by atoms with Crippen LogP contribution in [-0.2, 0) is 7.05 Å². The number of amides is 1. The minimum absolute atomic E-state index is 0.149. The molecule has 0 saturated heterocycles. The summed E-state index contributed by atoms with van der Waals surface area (Å²) in [7, 11) is 1.67. The standard InChI is InChI=1S/C15H22N2O2/c1-15(7-4-3-5-8-15)11-16-14(19)12-6-9-17(2)13(18)10-12/h6,9-10H,3-5,7-8,11H2,1-2H3,(H,16,19). The third-order valence-electron chi connectivity index (χ3n) is 4.10. The Balaban J connectivity index is 1.97. The van der Waals surface area contributed by atoms with Crippen LogP contribution in [0.4, 0.5) is 0 Å². The number of hydrogen-bond acceptors (Lipinski definition) is 2. The van der Waals surface area contributed by atoms with Gasteiger partial charge in [0, 0.05) is 31.4 Å². The Hall–Kier alpha value is -1.58. The molecule has 4 heteroatoms. The molecule has 4 nitrogen and oxygen atoms in total. The Morgan fingerprint density at radius 3 is 2.68 bits per heavy atom. The summed E-state index contributed by atoms with van der Waals surface area (Å²) in [5.41, 5.74) is 0.507. The zero-order valence-electron chi connectivity index (χ0n) is 11.7. The molecule has 1 amide bonds. The third kappa shape index (κ3) is 3.46. The summed E-state index contributed by atoms with van der Waals surface area (Å²) >= 11 is 0. The molecule has 0 atom stereocenters. The molecule has 1 aromatic rings. The van der Waals surface area contributed by atoms with E-state index in [1.807, 2.05) is 0 Å². The second-order valence-corrected chi connectivity index (χ2v) is 5.92. The van der Waals surface area contributed by atoms with Gasteiger partial charge in [0.05, 0.1) is 0 Å². The molecule has 0 bridgehead atoms. The molecule has 0 aliphatic heterocycles. The molecule has 1 aromatic heterocycles. The number of carbonyl (C=O) groups is 1. The van der Waals surface area contributed by atoms with Gasteiger partial charge in [-0.25, -0.2) is 0 Å². The van der Waals surface area contributed by atoms with Crippen LogP contribution in [0.1, 0.15) is 49.4 Å². The Labute approximate surface area is 113 Å². The molecule has 104 valence electrons. The predicted octanol–water partition coefficient (Wildman–Crippen LogP) is 2.09. The van der Waals surface area contributed by atoms with Crippen LogP contribution < -0.4 is 10.9 Å². The molecule has 1 N–H and O–H groups in total. The molecular weight excluding hydrogens is 240 g/mol. The van der Waals surface area contributed by atoms with Gasteiger partial charge < -0.3 is 9.88 Å². The fraction of sp³-hybridized carbons (Fsp3) is 0.600. The highest BCUT2D eigenvalue weighted by molar-refractivity contribution is 5.93. The van der Waals surface area contributed by atoms with Crippen LogP contribution in [0.15, 0.2) is 23.1 Å². The Morgan fingerprint density at radius 1 is 1.37 bits per heavy atom. The molecule has 0 aromatic carbocycles. The van der Waals surface area contributed by atoms with Gasteiger partial charge >= 0.3 is 0 Å². The number of nitrogens with zero attached hydrogens (tertiary/aromatic N) is 1. The van der Waals surface area contributed by atoms with Crippen molar-refractivity contribution in [3.05, 3.63) is 34.2 Å². The van der Waals surface area contributed by atoms with Gasteiger partial charge in [-0.2, -0.15) is 0 Å². The minimum Gasteiger partial charge on any atom is -0.351 e.